The summed E-state index contributed by atoms with van der Waals surface area (Å²) in [5, 5.41) is 1.41. The van der Waals surface area contributed by atoms with E-state index in [1.807, 2.05) is 0 Å². The lowest BCUT2D eigenvalue weighted by Gasteiger charge is -2.21. The number of hydrogen-bond acceptors (Lipinski definition) is 3. The maximum absolute atomic E-state index is 10.7. The van der Waals surface area contributed by atoms with Crippen LogP contribution in [0.15, 0.2) is 0 Å². The van der Waals surface area contributed by atoms with Gasteiger partial charge in [-0.05, 0) is 12.8 Å². The fourth-order valence-corrected chi connectivity index (χ4v) is 1.88. The number of unbranched alkanes of at least 4 members (excludes halogenated alkanes) is 4. The van der Waals surface area contributed by atoms with Gasteiger partial charge in [-0.15, -0.1) is 0 Å². The molecule has 0 aromatic rings. The van der Waals surface area contributed by atoms with Gasteiger partial charge < -0.3 is 9.79 Å². The second-order valence-corrected chi connectivity index (χ2v) is 5.06. The minimum Gasteiger partial charge on any atom is -0.302 e. The molecule has 5 nitrogen and oxygen atoms in total. The maximum Gasteiger partial charge on any atom is 0.486 e. The van der Waals surface area contributed by atoms with E-state index in [-0.39, 0.29) is 0 Å². The largest absolute Gasteiger partial charge is 0.486 e. The SMILES string of the molecule is CCCCCN(CCCCC)OP(=O)(O)O. The van der Waals surface area contributed by atoms with Crippen LogP contribution in [0.2, 0.25) is 0 Å². The van der Waals surface area contributed by atoms with E-state index in [1.54, 1.807) is 0 Å². The molecule has 0 radical (unpaired) electrons. The predicted molar refractivity (Wildman–Crippen MR) is 63.8 cm³/mol. The molecule has 0 aliphatic heterocycles. The summed E-state index contributed by atoms with van der Waals surface area (Å²) in [7, 11) is -4.39. The fourth-order valence-electron chi connectivity index (χ4n) is 1.42. The molecule has 16 heavy (non-hydrogen) atoms. The summed E-state index contributed by atoms with van der Waals surface area (Å²) >= 11 is 0. The van der Waals surface area contributed by atoms with E-state index in [9.17, 15) is 4.57 Å². The molecule has 0 saturated heterocycles. The van der Waals surface area contributed by atoms with Gasteiger partial charge in [-0.2, -0.15) is 9.69 Å². The number of hydroxylamine groups is 2. The smallest absolute Gasteiger partial charge is 0.302 e. The quantitative estimate of drug-likeness (QED) is 0.356. The van der Waals surface area contributed by atoms with E-state index in [1.165, 1.54) is 5.06 Å². The van der Waals surface area contributed by atoms with Gasteiger partial charge in [0.1, 0.15) is 0 Å². The Morgan fingerprint density at radius 2 is 1.44 bits per heavy atom. The third-order valence-electron chi connectivity index (χ3n) is 2.24. The zero-order chi connectivity index (χ0) is 12.4. The summed E-state index contributed by atoms with van der Waals surface area (Å²) in [5.74, 6) is 0. The van der Waals surface area contributed by atoms with Gasteiger partial charge in [0, 0.05) is 13.1 Å². The highest BCUT2D eigenvalue weighted by atomic mass is 31.2. The van der Waals surface area contributed by atoms with Gasteiger partial charge in [0.25, 0.3) is 0 Å². The topological polar surface area (TPSA) is 70.0 Å². The number of rotatable bonds is 10. The van der Waals surface area contributed by atoms with E-state index in [0.29, 0.717) is 13.1 Å². The Morgan fingerprint density at radius 1 is 1.00 bits per heavy atom. The molecule has 0 rings (SSSR count). The first-order chi connectivity index (χ1) is 7.49. The summed E-state index contributed by atoms with van der Waals surface area (Å²) in [6.07, 6.45) is 6.08. The normalized spacial score (nSPS) is 12.3. The fraction of sp³-hybridized carbons (Fsp3) is 1.00. The van der Waals surface area contributed by atoms with Crippen LogP contribution in [0.1, 0.15) is 52.4 Å². The highest BCUT2D eigenvalue weighted by Crippen LogP contribution is 2.37. The summed E-state index contributed by atoms with van der Waals surface area (Å²) in [6, 6.07) is 0. The molecule has 0 spiro atoms. The van der Waals surface area contributed by atoms with Crippen LogP contribution >= 0.6 is 7.82 Å². The first-order valence-corrected chi connectivity index (χ1v) is 7.52. The van der Waals surface area contributed by atoms with Gasteiger partial charge in [-0.3, -0.25) is 0 Å². The lowest BCUT2D eigenvalue weighted by molar-refractivity contribution is -0.0827. The van der Waals surface area contributed by atoms with Gasteiger partial charge in [0.2, 0.25) is 0 Å². The van der Waals surface area contributed by atoms with E-state index >= 15 is 0 Å². The van der Waals surface area contributed by atoms with E-state index in [2.05, 4.69) is 18.5 Å². The molecule has 0 aromatic carbocycles. The minimum absolute atomic E-state index is 0.586. The third kappa shape index (κ3) is 10.6. The first kappa shape index (κ1) is 16.1. The van der Waals surface area contributed by atoms with E-state index in [0.717, 1.165) is 38.5 Å². The minimum atomic E-state index is -4.39. The number of hydrogen-bond donors (Lipinski definition) is 2. The Kier molecular flexibility index (Phi) is 9.18. The monoisotopic (exact) mass is 253 g/mol. The van der Waals surface area contributed by atoms with Crippen LogP contribution in [0.3, 0.4) is 0 Å². The molecular weight excluding hydrogens is 229 g/mol. The number of phosphoric acid groups is 1. The third-order valence-corrected chi connectivity index (χ3v) is 2.69. The zero-order valence-corrected chi connectivity index (χ0v) is 11.2. The van der Waals surface area contributed by atoms with Gasteiger partial charge >= 0.3 is 7.82 Å². The van der Waals surface area contributed by atoms with Crippen molar-refractivity contribution in [3.8, 4) is 0 Å². The zero-order valence-electron chi connectivity index (χ0n) is 10.3. The molecule has 2 N–H and O–H groups in total. The van der Waals surface area contributed by atoms with Gasteiger partial charge in [0.05, 0.1) is 0 Å². The molecule has 0 aromatic heterocycles. The summed E-state index contributed by atoms with van der Waals surface area (Å²) < 4.78 is 15.4. The first-order valence-electron chi connectivity index (χ1n) is 5.99. The molecule has 0 unspecified atom stereocenters. The van der Waals surface area contributed by atoms with Crippen LogP contribution in [-0.2, 0) is 9.19 Å². The lowest BCUT2D eigenvalue weighted by Crippen LogP contribution is -2.25. The van der Waals surface area contributed by atoms with E-state index in [4.69, 9.17) is 9.79 Å². The average Bonchev–Trinajstić information content (AvgIpc) is 2.16. The molecule has 0 fully saturated rings. The van der Waals surface area contributed by atoms with Crippen molar-refractivity contribution in [2.75, 3.05) is 13.1 Å². The molecule has 0 atom stereocenters. The Hall–Kier alpha value is 0.0700. The highest BCUT2D eigenvalue weighted by Gasteiger charge is 2.19. The number of nitrogens with zero attached hydrogens (tertiary/aromatic N) is 1. The molecule has 98 valence electrons. The Morgan fingerprint density at radius 3 is 1.75 bits per heavy atom. The predicted octanol–water partition coefficient (Wildman–Crippen LogP) is 2.69. The molecule has 6 heteroatoms. The van der Waals surface area contributed by atoms with Crippen LogP contribution in [0, 0.1) is 0 Å². The second-order valence-electron chi connectivity index (χ2n) is 3.92. The van der Waals surface area contributed by atoms with Crippen LogP contribution in [-0.4, -0.2) is 27.9 Å². The molecule has 0 amide bonds. The second kappa shape index (κ2) is 9.14. The summed E-state index contributed by atoms with van der Waals surface area (Å²) in [5.41, 5.74) is 0. The Labute approximate surface area is 98.0 Å². The van der Waals surface area contributed by atoms with Crippen molar-refractivity contribution >= 4 is 7.82 Å². The molecule has 0 aliphatic carbocycles. The van der Waals surface area contributed by atoms with Crippen molar-refractivity contribution in [2.45, 2.75) is 52.4 Å². The van der Waals surface area contributed by atoms with Crippen LogP contribution < -0.4 is 0 Å². The van der Waals surface area contributed by atoms with Crippen molar-refractivity contribution in [2.24, 2.45) is 0 Å². The van der Waals surface area contributed by atoms with Crippen LogP contribution in [0.25, 0.3) is 0 Å². The summed E-state index contributed by atoms with van der Waals surface area (Å²) in [4.78, 5) is 17.5. The van der Waals surface area contributed by atoms with Crippen molar-refractivity contribution in [1.82, 2.24) is 5.06 Å². The van der Waals surface area contributed by atoms with Crippen LogP contribution in [0.5, 0.6) is 0 Å². The highest BCUT2D eigenvalue weighted by molar-refractivity contribution is 7.46. The van der Waals surface area contributed by atoms with Gasteiger partial charge in [0.15, 0.2) is 0 Å². The molecular formula is C10H24NO4P. The Balaban J connectivity index is 3.90. The van der Waals surface area contributed by atoms with Crippen molar-refractivity contribution in [1.29, 1.82) is 0 Å². The molecule has 0 heterocycles. The van der Waals surface area contributed by atoms with Crippen molar-refractivity contribution < 1.29 is 19.0 Å². The molecule has 0 bridgehead atoms. The maximum atomic E-state index is 10.7. The molecule has 0 saturated carbocycles. The van der Waals surface area contributed by atoms with Crippen LogP contribution in [0.4, 0.5) is 0 Å². The average molecular weight is 253 g/mol. The van der Waals surface area contributed by atoms with Crippen molar-refractivity contribution in [3.05, 3.63) is 0 Å². The summed E-state index contributed by atoms with van der Waals surface area (Å²) in [6.45, 7) is 5.35. The standard InChI is InChI=1S/C10H24NO4P/c1-3-5-7-9-11(10-8-6-4-2)15-16(12,13)14/h3-10H2,1-2H3,(H2,12,13,14). The lowest BCUT2D eigenvalue weighted by atomic mass is 10.2. The van der Waals surface area contributed by atoms with Gasteiger partial charge in [-0.1, -0.05) is 39.5 Å². The van der Waals surface area contributed by atoms with Crippen molar-refractivity contribution in [3.63, 3.8) is 0 Å². The van der Waals surface area contributed by atoms with E-state index < -0.39 is 7.82 Å². The molecule has 0 aliphatic rings. The Bertz CT molecular complexity index is 197. The van der Waals surface area contributed by atoms with Gasteiger partial charge in [-0.25, -0.2) is 4.57 Å².